The maximum absolute atomic E-state index is 13.6. The molecule has 49 heavy (non-hydrogen) atoms. The zero-order valence-electron chi connectivity index (χ0n) is 26.9. The Bertz CT molecular complexity index is 1980. The number of nitrogens with zero attached hydrogens (tertiary/aromatic N) is 2. The molecular weight excluding hydrogens is 697 g/mol. The number of thiazole rings is 1. The number of aromatic nitrogens is 1. The van der Waals surface area contributed by atoms with E-state index in [1.165, 1.54) is 23.1 Å². The Morgan fingerprint density at radius 2 is 1.67 bits per heavy atom. The first-order valence-corrected chi connectivity index (χ1v) is 17.8. The van der Waals surface area contributed by atoms with Crippen molar-refractivity contribution in [2.24, 2.45) is 0 Å². The Kier molecular flexibility index (Phi) is 12.1. The van der Waals surface area contributed by atoms with Gasteiger partial charge >= 0.3 is 0 Å². The first-order chi connectivity index (χ1) is 23.6. The molecule has 8 nitrogen and oxygen atoms in total. The second-order valence-electron chi connectivity index (χ2n) is 11.0. The summed E-state index contributed by atoms with van der Waals surface area (Å²) < 4.78 is 0. The smallest absolute Gasteiger partial charge is 0.272 e. The van der Waals surface area contributed by atoms with E-state index < -0.39 is 17.1 Å². The number of carbonyl (C=O) groups excluding carboxylic acids is 3. The molecular formula is C37H33Cl2N5O3S2. The lowest BCUT2D eigenvalue weighted by atomic mass is 10.1. The highest BCUT2D eigenvalue weighted by atomic mass is 35.5. The van der Waals surface area contributed by atoms with E-state index in [-0.39, 0.29) is 11.6 Å². The molecule has 12 heteroatoms. The van der Waals surface area contributed by atoms with Gasteiger partial charge in [-0.15, -0.1) is 23.1 Å². The molecule has 0 aliphatic heterocycles. The van der Waals surface area contributed by atoms with Crippen molar-refractivity contribution in [1.82, 2.24) is 10.3 Å². The zero-order chi connectivity index (χ0) is 34.9. The fraction of sp³-hybridized carbons (Fsp3) is 0.135. The highest BCUT2D eigenvalue weighted by molar-refractivity contribution is 8.00. The summed E-state index contributed by atoms with van der Waals surface area (Å²) in [5.74, 6) is -1.09. The van der Waals surface area contributed by atoms with Crippen LogP contribution in [0.4, 0.5) is 16.5 Å². The molecule has 0 spiro atoms. The van der Waals surface area contributed by atoms with Crippen LogP contribution in [-0.4, -0.2) is 42.1 Å². The topological polar surface area (TPSA) is 103 Å². The number of benzene rings is 4. The molecule has 5 aromatic rings. The molecule has 250 valence electrons. The van der Waals surface area contributed by atoms with Crippen molar-refractivity contribution in [3.63, 3.8) is 0 Å². The Morgan fingerprint density at radius 3 is 2.37 bits per heavy atom. The van der Waals surface area contributed by atoms with Crippen molar-refractivity contribution >= 4 is 86.6 Å². The van der Waals surface area contributed by atoms with E-state index >= 15 is 0 Å². The molecule has 3 amide bonds. The van der Waals surface area contributed by atoms with E-state index in [1.54, 1.807) is 66.7 Å². The summed E-state index contributed by atoms with van der Waals surface area (Å²) in [7, 11) is 3.89. The number of halogens is 2. The van der Waals surface area contributed by atoms with Gasteiger partial charge in [0, 0.05) is 51.9 Å². The Morgan fingerprint density at radius 1 is 0.918 bits per heavy atom. The fourth-order valence-corrected chi connectivity index (χ4v) is 6.88. The van der Waals surface area contributed by atoms with Gasteiger partial charge in [-0.05, 0) is 78.7 Å². The van der Waals surface area contributed by atoms with E-state index in [0.717, 1.165) is 21.7 Å². The number of thioether (sulfide) groups is 1. The summed E-state index contributed by atoms with van der Waals surface area (Å²) in [5, 5.41) is 11.5. The van der Waals surface area contributed by atoms with Crippen LogP contribution in [-0.2, 0) is 9.59 Å². The maximum atomic E-state index is 13.6. The number of amides is 3. The second-order valence-corrected chi connectivity index (χ2v) is 14.0. The third-order valence-corrected chi connectivity index (χ3v) is 9.89. The van der Waals surface area contributed by atoms with Gasteiger partial charge in [0.15, 0.2) is 5.13 Å². The summed E-state index contributed by atoms with van der Waals surface area (Å²) in [6, 6.07) is 28.7. The predicted molar refractivity (Wildman–Crippen MR) is 204 cm³/mol. The van der Waals surface area contributed by atoms with Crippen LogP contribution in [0, 0.1) is 0 Å². The van der Waals surface area contributed by atoms with Gasteiger partial charge in [0.1, 0.15) is 5.70 Å². The molecule has 0 radical (unpaired) electrons. The van der Waals surface area contributed by atoms with Crippen LogP contribution in [0.2, 0.25) is 10.0 Å². The molecule has 1 unspecified atom stereocenters. The Hall–Kier alpha value is -4.61. The van der Waals surface area contributed by atoms with Gasteiger partial charge in [0.05, 0.1) is 16.0 Å². The highest BCUT2D eigenvalue weighted by Crippen LogP contribution is 2.33. The molecule has 0 saturated carbocycles. The van der Waals surface area contributed by atoms with E-state index in [9.17, 15) is 14.4 Å². The largest absolute Gasteiger partial charge is 0.378 e. The van der Waals surface area contributed by atoms with E-state index in [1.807, 2.05) is 67.7 Å². The van der Waals surface area contributed by atoms with Gasteiger partial charge in [-0.25, -0.2) is 4.98 Å². The van der Waals surface area contributed by atoms with Crippen LogP contribution >= 0.6 is 46.3 Å². The number of hydrogen-bond acceptors (Lipinski definition) is 7. The molecule has 0 fully saturated rings. The summed E-state index contributed by atoms with van der Waals surface area (Å²) >= 11 is 15.1. The Labute approximate surface area is 303 Å². The molecule has 0 bridgehead atoms. The van der Waals surface area contributed by atoms with Crippen molar-refractivity contribution in [2.75, 3.05) is 29.6 Å². The van der Waals surface area contributed by atoms with Crippen LogP contribution in [0.15, 0.2) is 113 Å². The second kappa shape index (κ2) is 16.7. The lowest BCUT2D eigenvalue weighted by Crippen LogP contribution is -2.30. The van der Waals surface area contributed by atoms with Crippen LogP contribution in [0.1, 0.15) is 29.3 Å². The zero-order valence-corrected chi connectivity index (χ0v) is 30.0. The number of hydrogen-bond donors (Lipinski definition) is 3. The van der Waals surface area contributed by atoms with Crippen LogP contribution in [0.25, 0.3) is 17.3 Å². The summed E-state index contributed by atoms with van der Waals surface area (Å²) in [4.78, 5) is 47.2. The number of carbonyl (C=O) groups is 3. The third kappa shape index (κ3) is 9.73. The van der Waals surface area contributed by atoms with Gasteiger partial charge < -0.3 is 20.9 Å². The van der Waals surface area contributed by atoms with Crippen LogP contribution in [0.3, 0.4) is 0 Å². The predicted octanol–water partition coefficient (Wildman–Crippen LogP) is 9.10. The number of rotatable bonds is 12. The first-order valence-electron chi connectivity index (χ1n) is 15.2. The monoisotopic (exact) mass is 729 g/mol. The SMILES string of the molecule is CCC(Sc1cccc(NC(=O)/C(=C\c2ccc(N(C)C)cc2)NC(=O)c2ccccc2)c1)C(=O)Nc1nc(-c2ccc(Cl)cc2Cl)cs1. The van der Waals surface area contributed by atoms with E-state index in [4.69, 9.17) is 23.2 Å². The van der Waals surface area contributed by atoms with Crippen LogP contribution in [0.5, 0.6) is 0 Å². The van der Waals surface area contributed by atoms with Crippen molar-refractivity contribution in [1.29, 1.82) is 0 Å². The standard InChI is InChI=1S/C37H33Cl2N5O3S2/c1-4-33(36(47)43-37-42-32(22-48-37)29-18-15-25(38)20-30(29)39)49-28-12-8-11-26(21-28)40-35(46)31(41-34(45)24-9-6-5-7-10-24)19-23-13-16-27(17-14-23)44(2)3/h5-22,33H,4H2,1-3H3,(H,40,46)(H,41,45)(H,42,43,47)/b31-19+. The highest BCUT2D eigenvalue weighted by Gasteiger charge is 2.21. The summed E-state index contributed by atoms with van der Waals surface area (Å²) in [5.41, 5.74) is 4.13. The molecule has 5 rings (SSSR count). The van der Waals surface area contributed by atoms with Gasteiger partial charge in [-0.3, -0.25) is 14.4 Å². The van der Waals surface area contributed by atoms with Gasteiger partial charge in [0.25, 0.3) is 11.8 Å². The minimum atomic E-state index is -0.492. The minimum absolute atomic E-state index is 0.0815. The lowest BCUT2D eigenvalue weighted by Gasteiger charge is -2.15. The van der Waals surface area contributed by atoms with Crippen molar-refractivity contribution in [3.8, 4) is 11.3 Å². The van der Waals surface area contributed by atoms with E-state index in [0.29, 0.717) is 38.5 Å². The minimum Gasteiger partial charge on any atom is -0.378 e. The summed E-state index contributed by atoms with van der Waals surface area (Å²) in [6.07, 6.45) is 2.19. The van der Waals surface area contributed by atoms with Gasteiger partial charge in [0.2, 0.25) is 5.91 Å². The molecule has 1 atom stereocenters. The van der Waals surface area contributed by atoms with Crippen molar-refractivity contribution < 1.29 is 14.4 Å². The molecule has 0 aliphatic rings. The lowest BCUT2D eigenvalue weighted by molar-refractivity contribution is -0.116. The van der Waals surface area contributed by atoms with Gasteiger partial charge in [-0.2, -0.15) is 0 Å². The molecule has 1 aromatic heterocycles. The normalized spacial score (nSPS) is 11.8. The molecule has 4 aromatic carbocycles. The summed E-state index contributed by atoms with van der Waals surface area (Å²) in [6.45, 7) is 1.93. The van der Waals surface area contributed by atoms with Crippen molar-refractivity contribution in [2.45, 2.75) is 23.5 Å². The average Bonchev–Trinajstić information content (AvgIpc) is 3.55. The van der Waals surface area contributed by atoms with E-state index in [2.05, 4.69) is 20.9 Å². The Balaban J connectivity index is 1.28. The quantitative estimate of drug-likeness (QED) is 0.0875. The molecule has 1 heterocycles. The molecule has 0 aliphatic carbocycles. The van der Waals surface area contributed by atoms with Crippen molar-refractivity contribution in [3.05, 3.63) is 129 Å². The number of nitrogens with one attached hydrogen (secondary N) is 3. The number of anilines is 3. The van der Waals surface area contributed by atoms with Crippen LogP contribution < -0.4 is 20.9 Å². The third-order valence-electron chi connectivity index (χ3n) is 7.22. The molecule has 0 saturated heterocycles. The first kappa shape index (κ1) is 35.7. The maximum Gasteiger partial charge on any atom is 0.272 e. The average molecular weight is 731 g/mol. The van der Waals surface area contributed by atoms with Gasteiger partial charge in [-0.1, -0.05) is 66.5 Å². The molecule has 3 N–H and O–H groups in total. The fourth-order valence-electron chi connectivity index (χ4n) is 4.65.